The van der Waals surface area contributed by atoms with E-state index in [1.165, 1.54) is 7.11 Å². The van der Waals surface area contributed by atoms with E-state index >= 15 is 0 Å². The zero-order valence-corrected chi connectivity index (χ0v) is 9.01. The van der Waals surface area contributed by atoms with Crippen molar-refractivity contribution in [2.45, 2.75) is 6.18 Å². The maximum absolute atomic E-state index is 13.2. The van der Waals surface area contributed by atoms with E-state index in [1.54, 1.807) is 0 Å². The molecule has 0 fully saturated rings. The average molecular weight is 251 g/mol. The molecule has 0 atom stereocenters. The molecule has 0 heterocycles. The Morgan fingerprint density at radius 1 is 1.35 bits per heavy atom. The molecule has 94 valence electrons. The van der Waals surface area contributed by atoms with Crippen molar-refractivity contribution in [3.8, 4) is 5.75 Å². The quantitative estimate of drug-likeness (QED) is 0.755. The number of nitrogens with zero attached hydrogens (tertiary/aromatic N) is 1. The second kappa shape index (κ2) is 4.60. The van der Waals surface area contributed by atoms with Crippen LogP contribution in [0.3, 0.4) is 0 Å². The molecule has 1 aromatic rings. The Labute approximate surface area is 94.6 Å². The maximum atomic E-state index is 13.2. The second-order valence-corrected chi connectivity index (χ2v) is 3.18. The number of halogens is 4. The smallest absolute Gasteiger partial charge is 0.471 e. The fourth-order valence-electron chi connectivity index (χ4n) is 1.17. The van der Waals surface area contributed by atoms with Crippen molar-refractivity contribution >= 4 is 11.6 Å². The molecule has 1 aromatic carbocycles. The molecule has 0 saturated heterocycles. The molecule has 0 aliphatic carbocycles. The maximum Gasteiger partial charge on any atom is 0.471 e. The normalized spacial score (nSPS) is 11.2. The van der Waals surface area contributed by atoms with Crippen LogP contribution in [-0.2, 0) is 4.79 Å². The van der Waals surface area contributed by atoms with E-state index in [0.29, 0.717) is 4.90 Å². The van der Waals surface area contributed by atoms with Gasteiger partial charge in [0.2, 0.25) is 0 Å². The standard InChI is InChI=1S/C10H9F4NO2/c1-15(9(16)10(12,13)14)6-3-4-8(17-2)7(11)5-6/h3-5H,1-2H3. The summed E-state index contributed by atoms with van der Waals surface area (Å²) in [6, 6.07) is 3.10. The van der Waals surface area contributed by atoms with Crippen LogP contribution in [0.1, 0.15) is 0 Å². The highest BCUT2D eigenvalue weighted by Crippen LogP contribution is 2.26. The number of anilines is 1. The first kappa shape index (κ1) is 13.3. The van der Waals surface area contributed by atoms with Crippen molar-refractivity contribution < 1.29 is 27.1 Å². The summed E-state index contributed by atoms with van der Waals surface area (Å²) >= 11 is 0. The molecule has 0 bridgehead atoms. The zero-order valence-electron chi connectivity index (χ0n) is 9.01. The minimum absolute atomic E-state index is 0.110. The molecule has 0 saturated carbocycles. The predicted molar refractivity (Wildman–Crippen MR) is 52.4 cm³/mol. The van der Waals surface area contributed by atoms with E-state index in [2.05, 4.69) is 4.74 Å². The third kappa shape index (κ3) is 2.86. The van der Waals surface area contributed by atoms with E-state index in [4.69, 9.17) is 0 Å². The Morgan fingerprint density at radius 3 is 2.35 bits per heavy atom. The van der Waals surface area contributed by atoms with Crippen molar-refractivity contribution in [3.63, 3.8) is 0 Å². The summed E-state index contributed by atoms with van der Waals surface area (Å²) in [6.07, 6.45) is -4.99. The van der Waals surface area contributed by atoms with Gasteiger partial charge in [-0.15, -0.1) is 0 Å². The molecule has 3 nitrogen and oxygen atoms in total. The van der Waals surface area contributed by atoms with Crippen LogP contribution in [0.5, 0.6) is 5.75 Å². The lowest BCUT2D eigenvalue weighted by Gasteiger charge is -2.19. The molecule has 1 rings (SSSR count). The van der Waals surface area contributed by atoms with E-state index in [9.17, 15) is 22.4 Å². The number of ether oxygens (including phenoxy) is 1. The Kier molecular flexibility index (Phi) is 3.59. The van der Waals surface area contributed by atoms with Crippen LogP contribution in [0.4, 0.5) is 23.2 Å². The molecule has 0 radical (unpaired) electrons. The van der Waals surface area contributed by atoms with Crippen LogP contribution >= 0.6 is 0 Å². The topological polar surface area (TPSA) is 29.5 Å². The summed E-state index contributed by atoms with van der Waals surface area (Å²) in [5.41, 5.74) is -0.203. The first-order valence-electron chi connectivity index (χ1n) is 4.45. The third-order valence-corrected chi connectivity index (χ3v) is 2.07. The molecular formula is C10H9F4NO2. The van der Waals surface area contributed by atoms with E-state index in [0.717, 1.165) is 25.2 Å². The Balaban J connectivity index is 3.02. The number of hydrogen-bond acceptors (Lipinski definition) is 2. The first-order valence-corrected chi connectivity index (χ1v) is 4.45. The van der Waals surface area contributed by atoms with Gasteiger partial charge in [0.05, 0.1) is 7.11 Å². The molecule has 0 spiro atoms. The van der Waals surface area contributed by atoms with Gasteiger partial charge in [0.1, 0.15) is 0 Å². The van der Waals surface area contributed by atoms with Crippen molar-refractivity contribution in [2.75, 3.05) is 19.1 Å². The van der Waals surface area contributed by atoms with Crippen LogP contribution in [0.25, 0.3) is 0 Å². The highest BCUT2D eigenvalue weighted by Gasteiger charge is 2.41. The number of methoxy groups -OCH3 is 1. The molecule has 1 amide bonds. The molecule has 7 heteroatoms. The molecular weight excluding hydrogens is 242 g/mol. The van der Waals surface area contributed by atoms with Gasteiger partial charge in [-0.25, -0.2) is 4.39 Å². The fraction of sp³-hybridized carbons (Fsp3) is 0.300. The van der Waals surface area contributed by atoms with Crippen LogP contribution in [0.15, 0.2) is 18.2 Å². The summed E-state index contributed by atoms with van der Waals surface area (Å²) in [5.74, 6) is -3.02. The Hall–Kier alpha value is -1.79. The van der Waals surface area contributed by atoms with Crippen molar-refractivity contribution in [1.29, 1.82) is 0 Å². The van der Waals surface area contributed by atoms with Gasteiger partial charge in [0.25, 0.3) is 0 Å². The van der Waals surface area contributed by atoms with Crippen molar-refractivity contribution in [3.05, 3.63) is 24.0 Å². The Bertz CT molecular complexity index is 431. The van der Waals surface area contributed by atoms with Gasteiger partial charge >= 0.3 is 12.1 Å². The predicted octanol–water partition coefficient (Wildman–Crippen LogP) is 2.36. The van der Waals surface area contributed by atoms with Crippen LogP contribution < -0.4 is 9.64 Å². The third-order valence-electron chi connectivity index (χ3n) is 2.07. The van der Waals surface area contributed by atoms with Gasteiger partial charge < -0.3 is 9.64 Å². The number of amides is 1. The Morgan fingerprint density at radius 2 is 1.94 bits per heavy atom. The SMILES string of the molecule is COc1ccc(N(C)C(=O)C(F)(F)F)cc1F. The monoisotopic (exact) mass is 251 g/mol. The van der Waals surface area contributed by atoms with E-state index in [1.807, 2.05) is 0 Å². The largest absolute Gasteiger partial charge is 0.494 e. The number of carbonyl (C=O) groups excluding carboxylic acids is 1. The molecule has 0 unspecified atom stereocenters. The summed E-state index contributed by atoms with van der Waals surface area (Å²) in [5, 5.41) is 0. The number of hydrogen-bond donors (Lipinski definition) is 0. The van der Waals surface area contributed by atoms with Crippen molar-refractivity contribution in [2.24, 2.45) is 0 Å². The number of benzene rings is 1. The minimum atomic E-state index is -4.99. The summed E-state index contributed by atoms with van der Waals surface area (Å²) in [4.78, 5) is 11.2. The van der Waals surface area contributed by atoms with Crippen molar-refractivity contribution in [1.82, 2.24) is 0 Å². The highest BCUT2D eigenvalue weighted by molar-refractivity contribution is 5.96. The summed E-state index contributed by atoms with van der Waals surface area (Å²) in [7, 11) is 2.14. The lowest BCUT2D eigenvalue weighted by atomic mass is 10.2. The molecule has 0 N–H and O–H groups in total. The highest BCUT2D eigenvalue weighted by atomic mass is 19.4. The average Bonchev–Trinajstić information content (AvgIpc) is 2.25. The first-order chi connectivity index (χ1) is 7.77. The lowest BCUT2D eigenvalue weighted by molar-refractivity contribution is -0.170. The van der Waals surface area contributed by atoms with Gasteiger partial charge in [0.15, 0.2) is 11.6 Å². The van der Waals surface area contributed by atoms with Crippen LogP contribution in [-0.4, -0.2) is 26.2 Å². The van der Waals surface area contributed by atoms with Gasteiger partial charge in [0, 0.05) is 18.8 Å². The number of carbonyl (C=O) groups is 1. The minimum Gasteiger partial charge on any atom is -0.494 e. The van der Waals surface area contributed by atoms with Gasteiger partial charge in [-0.1, -0.05) is 0 Å². The van der Waals surface area contributed by atoms with Crippen LogP contribution in [0, 0.1) is 5.82 Å². The van der Waals surface area contributed by atoms with Gasteiger partial charge in [-0.05, 0) is 12.1 Å². The van der Waals surface area contributed by atoms with E-state index in [-0.39, 0.29) is 11.4 Å². The summed E-state index contributed by atoms with van der Waals surface area (Å²) < 4.78 is 54.2. The molecule has 0 aliphatic heterocycles. The van der Waals surface area contributed by atoms with Crippen LogP contribution in [0.2, 0.25) is 0 Å². The summed E-state index contributed by atoms with van der Waals surface area (Å²) in [6.45, 7) is 0. The second-order valence-electron chi connectivity index (χ2n) is 3.18. The molecule has 0 aromatic heterocycles. The van der Waals surface area contributed by atoms with Gasteiger partial charge in [-0.3, -0.25) is 4.79 Å². The molecule has 0 aliphatic rings. The zero-order chi connectivity index (χ0) is 13.2. The number of rotatable bonds is 2. The van der Waals surface area contributed by atoms with Gasteiger partial charge in [-0.2, -0.15) is 13.2 Å². The lowest BCUT2D eigenvalue weighted by Crippen LogP contribution is -2.38. The number of alkyl halides is 3. The fourth-order valence-corrected chi connectivity index (χ4v) is 1.17. The van der Waals surface area contributed by atoms with E-state index < -0.39 is 17.9 Å². The molecule has 17 heavy (non-hydrogen) atoms.